The first-order chi connectivity index (χ1) is 9.02. The number of nitrogen functional groups attached to an aromatic ring is 1. The number of carbonyl (C=O) groups excluding carboxylic acids is 1. The molecule has 1 aliphatic heterocycles. The van der Waals surface area contributed by atoms with Gasteiger partial charge in [0.15, 0.2) is 0 Å². The third-order valence-corrected chi connectivity index (χ3v) is 3.27. The number of amides is 1. The van der Waals surface area contributed by atoms with Gasteiger partial charge in [0.05, 0.1) is 30.9 Å². The van der Waals surface area contributed by atoms with Crippen molar-refractivity contribution in [3.63, 3.8) is 0 Å². The molecule has 2 heterocycles. The number of aliphatic hydroxyl groups excluding tert-OH is 1. The fourth-order valence-corrected chi connectivity index (χ4v) is 2.13. The van der Waals surface area contributed by atoms with Gasteiger partial charge >= 0.3 is 0 Å². The maximum absolute atomic E-state index is 12.5. The summed E-state index contributed by atoms with van der Waals surface area (Å²) in [5.41, 5.74) is 7.48. The molecule has 1 amide bonds. The number of aryl methyl sites for hydroxylation is 1. The molecule has 6 nitrogen and oxygen atoms in total. The summed E-state index contributed by atoms with van der Waals surface area (Å²) in [6.45, 7) is 4.41. The number of ether oxygens (including phenoxy) is 1. The third kappa shape index (κ3) is 2.85. The number of rotatable bonds is 2. The van der Waals surface area contributed by atoms with E-state index >= 15 is 0 Å². The summed E-state index contributed by atoms with van der Waals surface area (Å²) in [5, 5.41) is 9.14. The van der Waals surface area contributed by atoms with E-state index in [0.29, 0.717) is 24.4 Å². The minimum atomic E-state index is -0.334. The Kier molecular flexibility index (Phi) is 4.01. The Labute approximate surface area is 112 Å². The van der Waals surface area contributed by atoms with Crippen molar-refractivity contribution in [1.82, 2.24) is 9.88 Å². The smallest absolute Gasteiger partial charge is 0.257 e. The van der Waals surface area contributed by atoms with Crippen LogP contribution in [0.4, 0.5) is 5.69 Å². The SMILES string of the molecule is Cc1cc(N)c(C(=O)N2CC(CO)OCC2C)cn1. The number of morpholine rings is 1. The van der Waals surface area contributed by atoms with Gasteiger partial charge < -0.3 is 20.5 Å². The first kappa shape index (κ1) is 13.8. The number of anilines is 1. The van der Waals surface area contributed by atoms with Gasteiger partial charge in [-0.1, -0.05) is 0 Å². The van der Waals surface area contributed by atoms with Gasteiger partial charge in [0.1, 0.15) is 0 Å². The molecule has 1 aromatic heterocycles. The van der Waals surface area contributed by atoms with E-state index in [1.54, 1.807) is 11.0 Å². The summed E-state index contributed by atoms with van der Waals surface area (Å²) in [4.78, 5) is 18.3. The molecule has 104 valence electrons. The van der Waals surface area contributed by atoms with Crippen LogP contribution in [0.1, 0.15) is 23.0 Å². The van der Waals surface area contributed by atoms with Crippen molar-refractivity contribution in [3.8, 4) is 0 Å². The van der Waals surface area contributed by atoms with Crippen molar-refractivity contribution in [2.24, 2.45) is 0 Å². The maximum Gasteiger partial charge on any atom is 0.257 e. The molecule has 19 heavy (non-hydrogen) atoms. The molecular weight excluding hydrogens is 246 g/mol. The van der Waals surface area contributed by atoms with E-state index in [0.717, 1.165) is 5.69 Å². The molecule has 2 atom stereocenters. The number of hydrogen-bond acceptors (Lipinski definition) is 5. The van der Waals surface area contributed by atoms with Crippen molar-refractivity contribution in [2.45, 2.75) is 26.0 Å². The van der Waals surface area contributed by atoms with Gasteiger partial charge in [-0.3, -0.25) is 9.78 Å². The Morgan fingerprint density at radius 3 is 3.05 bits per heavy atom. The molecule has 1 aromatic rings. The van der Waals surface area contributed by atoms with E-state index in [2.05, 4.69) is 4.98 Å². The van der Waals surface area contributed by atoms with E-state index in [4.69, 9.17) is 15.6 Å². The number of pyridine rings is 1. The lowest BCUT2D eigenvalue weighted by molar-refractivity contribution is -0.0667. The highest BCUT2D eigenvalue weighted by molar-refractivity contribution is 5.99. The minimum absolute atomic E-state index is 0.0454. The lowest BCUT2D eigenvalue weighted by Gasteiger charge is -2.37. The van der Waals surface area contributed by atoms with Crippen LogP contribution in [0, 0.1) is 6.92 Å². The zero-order chi connectivity index (χ0) is 14.0. The molecule has 0 aliphatic carbocycles. The van der Waals surface area contributed by atoms with E-state index in [-0.39, 0.29) is 24.7 Å². The van der Waals surface area contributed by atoms with Gasteiger partial charge in [-0.05, 0) is 19.9 Å². The molecule has 3 N–H and O–H groups in total. The van der Waals surface area contributed by atoms with E-state index in [9.17, 15) is 4.79 Å². The fraction of sp³-hybridized carbons (Fsp3) is 0.538. The Bertz CT molecular complexity index is 478. The highest BCUT2D eigenvalue weighted by Gasteiger charge is 2.30. The van der Waals surface area contributed by atoms with Crippen LogP contribution < -0.4 is 5.73 Å². The van der Waals surface area contributed by atoms with E-state index in [1.807, 2.05) is 13.8 Å². The zero-order valence-electron chi connectivity index (χ0n) is 11.2. The number of nitrogens with two attached hydrogens (primary N) is 1. The average molecular weight is 265 g/mol. The monoisotopic (exact) mass is 265 g/mol. The summed E-state index contributed by atoms with van der Waals surface area (Å²) in [5.74, 6) is -0.167. The summed E-state index contributed by atoms with van der Waals surface area (Å²) < 4.78 is 5.41. The molecule has 0 saturated carbocycles. The zero-order valence-corrected chi connectivity index (χ0v) is 11.2. The second-order valence-electron chi connectivity index (χ2n) is 4.86. The molecular formula is C13H19N3O3. The summed E-state index contributed by atoms with van der Waals surface area (Å²) in [7, 11) is 0. The Hall–Kier alpha value is -1.66. The predicted molar refractivity (Wildman–Crippen MR) is 70.7 cm³/mol. The van der Waals surface area contributed by atoms with Gasteiger partial charge in [-0.15, -0.1) is 0 Å². The highest BCUT2D eigenvalue weighted by Crippen LogP contribution is 2.19. The molecule has 2 rings (SSSR count). The quantitative estimate of drug-likeness (QED) is 0.797. The normalized spacial score (nSPS) is 23.4. The average Bonchev–Trinajstić information content (AvgIpc) is 2.38. The minimum Gasteiger partial charge on any atom is -0.398 e. The summed E-state index contributed by atoms with van der Waals surface area (Å²) in [6, 6.07) is 1.64. The van der Waals surface area contributed by atoms with Crippen molar-refractivity contribution >= 4 is 11.6 Å². The molecule has 1 fully saturated rings. The van der Waals surface area contributed by atoms with Gasteiger partial charge in [0, 0.05) is 24.1 Å². The second-order valence-corrected chi connectivity index (χ2v) is 4.86. The van der Waals surface area contributed by atoms with E-state index < -0.39 is 0 Å². The molecule has 0 bridgehead atoms. The van der Waals surface area contributed by atoms with Gasteiger partial charge in [0.2, 0.25) is 0 Å². The van der Waals surface area contributed by atoms with Crippen LogP contribution in [0.2, 0.25) is 0 Å². The first-order valence-electron chi connectivity index (χ1n) is 6.28. The van der Waals surface area contributed by atoms with Crippen LogP contribution in [-0.4, -0.2) is 52.8 Å². The van der Waals surface area contributed by atoms with Crippen LogP contribution in [0.25, 0.3) is 0 Å². The summed E-state index contributed by atoms with van der Waals surface area (Å²) >= 11 is 0. The fourth-order valence-electron chi connectivity index (χ4n) is 2.13. The molecule has 6 heteroatoms. The number of carbonyl (C=O) groups is 1. The predicted octanol–water partition coefficient (Wildman–Crippen LogP) is 0.194. The topological polar surface area (TPSA) is 88.7 Å². The van der Waals surface area contributed by atoms with Crippen LogP contribution in [0.5, 0.6) is 0 Å². The largest absolute Gasteiger partial charge is 0.398 e. The van der Waals surface area contributed by atoms with Gasteiger partial charge in [-0.2, -0.15) is 0 Å². The van der Waals surface area contributed by atoms with Crippen molar-refractivity contribution in [2.75, 3.05) is 25.5 Å². The lowest BCUT2D eigenvalue weighted by Crippen LogP contribution is -2.52. The van der Waals surface area contributed by atoms with Gasteiger partial charge in [-0.25, -0.2) is 0 Å². The third-order valence-electron chi connectivity index (χ3n) is 3.27. The van der Waals surface area contributed by atoms with Crippen LogP contribution >= 0.6 is 0 Å². The molecule has 1 aliphatic rings. The van der Waals surface area contributed by atoms with Crippen molar-refractivity contribution < 1.29 is 14.6 Å². The second kappa shape index (κ2) is 5.54. The molecule has 0 aromatic carbocycles. The Balaban J connectivity index is 2.22. The molecule has 0 spiro atoms. The molecule has 2 unspecified atom stereocenters. The Morgan fingerprint density at radius 2 is 2.42 bits per heavy atom. The standard InChI is InChI=1S/C13H19N3O3/c1-8-3-12(14)11(4-15-8)13(18)16-5-10(6-17)19-7-9(16)2/h3-4,9-10,17H,5-7H2,1-2H3,(H2,14,15). The van der Waals surface area contributed by atoms with Crippen LogP contribution in [-0.2, 0) is 4.74 Å². The number of hydrogen-bond donors (Lipinski definition) is 2. The van der Waals surface area contributed by atoms with Crippen LogP contribution in [0.15, 0.2) is 12.3 Å². The Morgan fingerprint density at radius 1 is 1.68 bits per heavy atom. The lowest BCUT2D eigenvalue weighted by atomic mass is 10.1. The van der Waals surface area contributed by atoms with Gasteiger partial charge in [0.25, 0.3) is 5.91 Å². The van der Waals surface area contributed by atoms with E-state index in [1.165, 1.54) is 6.20 Å². The summed E-state index contributed by atoms with van der Waals surface area (Å²) in [6.07, 6.45) is 1.17. The first-order valence-corrected chi connectivity index (χ1v) is 6.28. The molecule has 1 saturated heterocycles. The highest BCUT2D eigenvalue weighted by atomic mass is 16.5. The van der Waals surface area contributed by atoms with Crippen molar-refractivity contribution in [3.05, 3.63) is 23.5 Å². The number of nitrogens with zero attached hydrogens (tertiary/aromatic N) is 2. The maximum atomic E-state index is 12.5. The number of aromatic nitrogens is 1. The number of aliphatic hydroxyl groups is 1. The van der Waals surface area contributed by atoms with Crippen molar-refractivity contribution in [1.29, 1.82) is 0 Å². The molecule has 0 radical (unpaired) electrons. The van der Waals surface area contributed by atoms with Crippen LogP contribution in [0.3, 0.4) is 0 Å².